The van der Waals surface area contributed by atoms with Gasteiger partial charge in [0.15, 0.2) is 16.6 Å². The van der Waals surface area contributed by atoms with Crippen molar-refractivity contribution < 1.29 is 19.0 Å². The number of aryl methyl sites for hydroxylation is 1. The first-order chi connectivity index (χ1) is 16.9. The van der Waals surface area contributed by atoms with E-state index in [1.165, 1.54) is 14.2 Å². The molecule has 0 fully saturated rings. The maximum atomic E-state index is 12.7. The number of nitrogens with zero attached hydrogens (tertiary/aromatic N) is 3. The molecule has 35 heavy (non-hydrogen) atoms. The highest BCUT2D eigenvalue weighted by atomic mass is 32.1. The predicted molar refractivity (Wildman–Crippen MR) is 138 cm³/mol. The molecule has 0 saturated heterocycles. The maximum Gasteiger partial charge on any atom is 0.257 e. The number of benzene rings is 3. The van der Waals surface area contributed by atoms with Crippen LogP contribution in [0.2, 0.25) is 0 Å². The van der Waals surface area contributed by atoms with Crippen molar-refractivity contribution in [1.82, 2.24) is 20.3 Å². The smallest absolute Gasteiger partial charge is 0.257 e. The number of carbonyl (C=O) groups is 1. The molecule has 4 aromatic rings. The summed E-state index contributed by atoms with van der Waals surface area (Å²) >= 11 is 5.37. The first-order valence-electron chi connectivity index (χ1n) is 10.9. The second-order valence-electron chi connectivity index (χ2n) is 7.55. The van der Waals surface area contributed by atoms with Gasteiger partial charge in [0.05, 0.1) is 26.5 Å². The third-order valence-electron chi connectivity index (χ3n) is 5.23. The first-order valence-corrected chi connectivity index (χ1v) is 11.3. The summed E-state index contributed by atoms with van der Waals surface area (Å²) in [5.41, 5.74) is 4.24. The zero-order valence-corrected chi connectivity index (χ0v) is 20.6. The second-order valence-corrected chi connectivity index (χ2v) is 7.96. The number of thiocarbonyl (C=S) groups is 1. The molecule has 0 radical (unpaired) electrons. The number of nitrogens with one attached hydrogen (secondary N) is 2. The predicted octanol–water partition coefficient (Wildman–Crippen LogP) is 4.27. The van der Waals surface area contributed by atoms with Gasteiger partial charge in [0.1, 0.15) is 16.8 Å². The minimum atomic E-state index is -0.372. The van der Waals surface area contributed by atoms with Crippen LogP contribution in [0.5, 0.6) is 17.2 Å². The van der Waals surface area contributed by atoms with Crippen LogP contribution in [-0.4, -0.2) is 46.8 Å². The molecule has 2 N–H and O–H groups in total. The van der Waals surface area contributed by atoms with Crippen molar-refractivity contribution in [2.75, 3.05) is 26.1 Å². The third-order valence-corrected chi connectivity index (χ3v) is 5.43. The van der Waals surface area contributed by atoms with Gasteiger partial charge in [0.2, 0.25) is 0 Å². The van der Waals surface area contributed by atoms with Gasteiger partial charge in [0.25, 0.3) is 5.91 Å². The summed E-state index contributed by atoms with van der Waals surface area (Å²) < 4.78 is 16.0. The Balaban J connectivity index is 1.49. The quantitative estimate of drug-likeness (QED) is 0.370. The average molecular weight is 492 g/mol. The van der Waals surface area contributed by atoms with Crippen LogP contribution in [0.15, 0.2) is 54.6 Å². The van der Waals surface area contributed by atoms with Crippen LogP contribution in [0.25, 0.3) is 16.7 Å². The van der Waals surface area contributed by atoms with Crippen molar-refractivity contribution in [2.24, 2.45) is 0 Å². The lowest BCUT2D eigenvalue weighted by molar-refractivity contribution is 0.0977. The van der Waals surface area contributed by atoms with Gasteiger partial charge >= 0.3 is 0 Å². The Morgan fingerprint density at radius 1 is 0.971 bits per heavy atom. The van der Waals surface area contributed by atoms with Gasteiger partial charge in [-0.3, -0.25) is 10.1 Å². The zero-order valence-electron chi connectivity index (χ0n) is 19.8. The molecule has 0 unspecified atom stereocenters. The molecule has 0 spiro atoms. The summed E-state index contributed by atoms with van der Waals surface area (Å²) in [6, 6.07) is 16.2. The number of hydrogen-bond acceptors (Lipinski definition) is 7. The van der Waals surface area contributed by atoms with E-state index in [1.54, 1.807) is 23.0 Å². The summed E-state index contributed by atoms with van der Waals surface area (Å²) in [5, 5.41) is 15.1. The normalized spacial score (nSPS) is 10.6. The first kappa shape index (κ1) is 24.0. The number of methoxy groups -OCH3 is 2. The fraction of sp³-hybridized carbons (Fsp3) is 0.200. The fourth-order valence-electron chi connectivity index (χ4n) is 3.47. The third kappa shape index (κ3) is 5.33. The Hall–Kier alpha value is -4.18. The van der Waals surface area contributed by atoms with Crippen LogP contribution >= 0.6 is 12.2 Å². The highest BCUT2D eigenvalue weighted by molar-refractivity contribution is 7.80. The number of hydrogen-bond donors (Lipinski definition) is 2. The van der Waals surface area contributed by atoms with E-state index in [9.17, 15) is 4.79 Å². The van der Waals surface area contributed by atoms with E-state index < -0.39 is 0 Å². The fourth-order valence-corrected chi connectivity index (χ4v) is 3.67. The topological polar surface area (TPSA) is 99.5 Å². The number of rotatable bonds is 7. The summed E-state index contributed by atoms with van der Waals surface area (Å²) in [5.74, 6) is 1.41. The molecule has 1 aromatic heterocycles. The van der Waals surface area contributed by atoms with E-state index in [1.807, 2.05) is 50.2 Å². The lowest BCUT2D eigenvalue weighted by Crippen LogP contribution is -2.34. The van der Waals surface area contributed by atoms with Gasteiger partial charge in [-0.2, -0.15) is 4.80 Å². The molecule has 0 aliphatic rings. The van der Waals surface area contributed by atoms with E-state index in [0.717, 1.165) is 22.5 Å². The highest BCUT2D eigenvalue weighted by Crippen LogP contribution is 2.27. The molecule has 4 rings (SSSR count). The molecule has 3 aromatic carbocycles. The number of anilines is 1. The molecule has 0 aliphatic heterocycles. The maximum absolute atomic E-state index is 12.7. The molecule has 180 valence electrons. The van der Waals surface area contributed by atoms with Gasteiger partial charge in [-0.15, -0.1) is 10.2 Å². The standard InChI is InChI=1S/C25H25N5O4S/c1-5-34-18-9-7-17(8-10-18)30-28-20-12-15(2)19(14-21(20)29-30)26-25(35)27-24(31)16-6-11-22(32-3)23(13-16)33-4/h6-14H,5H2,1-4H3,(H2,26,27,31,35). The Kier molecular flexibility index (Phi) is 7.11. The number of fused-ring (bicyclic) bond motifs is 1. The zero-order chi connectivity index (χ0) is 24.9. The Bertz CT molecular complexity index is 1380. The molecule has 1 heterocycles. The molecular weight excluding hydrogens is 466 g/mol. The Labute approximate surface area is 208 Å². The van der Waals surface area contributed by atoms with Crippen LogP contribution in [0.1, 0.15) is 22.8 Å². The van der Waals surface area contributed by atoms with Crippen molar-refractivity contribution in [2.45, 2.75) is 13.8 Å². The monoisotopic (exact) mass is 491 g/mol. The molecule has 1 amide bonds. The summed E-state index contributed by atoms with van der Waals surface area (Å²) in [6.07, 6.45) is 0. The summed E-state index contributed by atoms with van der Waals surface area (Å²) in [4.78, 5) is 14.2. The van der Waals surface area contributed by atoms with Gasteiger partial charge in [-0.1, -0.05) is 0 Å². The van der Waals surface area contributed by atoms with Crippen molar-refractivity contribution in [3.63, 3.8) is 0 Å². The van der Waals surface area contributed by atoms with E-state index in [-0.39, 0.29) is 11.0 Å². The summed E-state index contributed by atoms with van der Waals surface area (Å²) in [7, 11) is 3.04. The largest absolute Gasteiger partial charge is 0.494 e. The van der Waals surface area contributed by atoms with Crippen LogP contribution < -0.4 is 24.8 Å². The van der Waals surface area contributed by atoms with Crippen LogP contribution in [-0.2, 0) is 0 Å². The van der Waals surface area contributed by atoms with Gasteiger partial charge in [-0.05, 0) is 86.2 Å². The Morgan fingerprint density at radius 3 is 2.31 bits per heavy atom. The lowest BCUT2D eigenvalue weighted by Gasteiger charge is -2.13. The van der Waals surface area contributed by atoms with E-state index in [4.69, 9.17) is 26.4 Å². The molecule has 10 heteroatoms. The van der Waals surface area contributed by atoms with Gasteiger partial charge < -0.3 is 19.5 Å². The van der Waals surface area contributed by atoms with Crippen molar-refractivity contribution in [1.29, 1.82) is 0 Å². The SMILES string of the molecule is CCOc1ccc(-n2nc3cc(C)c(NC(=S)NC(=O)c4ccc(OC)c(OC)c4)cc3n2)cc1. The van der Waals surface area contributed by atoms with Crippen molar-refractivity contribution in [3.05, 3.63) is 65.7 Å². The highest BCUT2D eigenvalue weighted by Gasteiger charge is 2.14. The second kappa shape index (κ2) is 10.4. The number of ether oxygens (including phenoxy) is 3. The molecular formula is C25H25N5O4S. The van der Waals surface area contributed by atoms with Crippen LogP contribution in [0.4, 0.5) is 5.69 Å². The summed E-state index contributed by atoms with van der Waals surface area (Å²) in [6.45, 7) is 4.47. The van der Waals surface area contributed by atoms with E-state index >= 15 is 0 Å². The molecule has 0 aliphatic carbocycles. The number of aromatic nitrogens is 3. The van der Waals surface area contributed by atoms with E-state index in [0.29, 0.717) is 34.9 Å². The minimum absolute atomic E-state index is 0.158. The molecule has 0 atom stereocenters. The molecule has 9 nitrogen and oxygen atoms in total. The van der Waals surface area contributed by atoms with Gasteiger partial charge in [-0.25, -0.2) is 0 Å². The molecule has 0 saturated carbocycles. The lowest BCUT2D eigenvalue weighted by atomic mass is 10.1. The molecule has 0 bridgehead atoms. The van der Waals surface area contributed by atoms with Crippen molar-refractivity contribution in [3.8, 4) is 22.9 Å². The minimum Gasteiger partial charge on any atom is -0.494 e. The van der Waals surface area contributed by atoms with Crippen LogP contribution in [0.3, 0.4) is 0 Å². The van der Waals surface area contributed by atoms with Crippen molar-refractivity contribution >= 4 is 40.0 Å². The number of amides is 1. The van der Waals surface area contributed by atoms with E-state index in [2.05, 4.69) is 20.8 Å². The number of carbonyl (C=O) groups excluding carboxylic acids is 1. The van der Waals surface area contributed by atoms with Gasteiger partial charge in [0, 0.05) is 11.3 Å². The average Bonchev–Trinajstić information content (AvgIpc) is 3.27. The Morgan fingerprint density at radius 2 is 1.66 bits per heavy atom. The van der Waals surface area contributed by atoms with Crippen LogP contribution in [0, 0.1) is 6.92 Å².